The molecule has 10 heteroatoms. The molecule has 1 aromatic rings. The molecule has 0 spiro atoms. The molecule has 0 saturated carbocycles. The van der Waals surface area contributed by atoms with Crippen LogP contribution in [0, 0.1) is 0 Å². The van der Waals surface area contributed by atoms with E-state index in [9.17, 15) is 4.79 Å². The zero-order valence-electron chi connectivity index (χ0n) is 19.5. The van der Waals surface area contributed by atoms with Crippen LogP contribution in [-0.2, 0) is 28.9 Å². The van der Waals surface area contributed by atoms with Gasteiger partial charge in [0.25, 0.3) is 0 Å². The Labute approximate surface area is 191 Å². The van der Waals surface area contributed by atoms with Crippen molar-refractivity contribution in [2.45, 2.75) is 45.1 Å². The SMILES string of the molecule is CN=C(NCCCc1nnc2n1CCCCC2)N1CCN(CC(=O)N2CCOCC2)CC1. The minimum atomic E-state index is 0.218. The lowest BCUT2D eigenvalue weighted by molar-refractivity contribution is -0.136. The molecule has 1 aromatic heterocycles. The average molecular weight is 447 g/mol. The predicted molar refractivity (Wildman–Crippen MR) is 123 cm³/mol. The lowest BCUT2D eigenvalue weighted by Crippen LogP contribution is -2.55. The van der Waals surface area contributed by atoms with Crippen LogP contribution in [0.1, 0.15) is 37.3 Å². The van der Waals surface area contributed by atoms with Crippen LogP contribution in [0.2, 0.25) is 0 Å². The van der Waals surface area contributed by atoms with E-state index in [0.717, 1.165) is 76.1 Å². The van der Waals surface area contributed by atoms with Gasteiger partial charge in [-0.05, 0) is 19.3 Å². The lowest BCUT2D eigenvalue weighted by atomic mass is 10.2. The molecule has 2 fully saturated rings. The number of piperazine rings is 1. The van der Waals surface area contributed by atoms with Crippen LogP contribution in [0.3, 0.4) is 0 Å². The summed E-state index contributed by atoms with van der Waals surface area (Å²) in [4.78, 5) is 23.4. The molecule has 0 unspecified atom stereocenters. The van der Waals surface area contributed by atoms with Crippen LogP contribution in [0.15, 0.2) is 4.99 Å². The van der Waals surface area contributed by atoms with Crippen molar-refractivity contribution in [2.24, 2.45) is 4.99 Å². The number of fused-ring (bicyclic) bond motifs is 1. The summed E-state index contributed by atoms with van der Waals surface area (Å²) in [5, 5.41) is 12.3. The van der Waals surface area contributed by atoms with Crippen LogP contribution >= 0.6 is 0 Å². The van der Waals surface area contributed by atoms with Crippen LogP contribution in [-0.4, -0.2) is 114 Å². The van der Waals surface area contributed by atoms with Crippen LogP contribution in [0.4, 0.5) is 0 Å². The molecule has 0 aliphatic carbocycles. The monoisotopic (exact) mass is 446 g/mol. The van der Waals surface area contributed by atoms with Crippen molar-refractivity contribution in [3.63, 3.8) is 0 Å². The third-order valence-electron chi connectivity index (χ3n) is 6.65. The minimum absolute atomic E-state index is 0.218. The first-order valence-electron chi connectivity index (χ1n) is 12.2. The Morgan fingerprint density at radius 2 is 1.81 bits per heavy atom. The van der Waals surface area contributed by atoms with E-state index < -0.39 is 0 Å². The number of hydrogen-bond acceptors (Lipinski definition) is 6. The summed E-state index contributed by atoms with van der Waals surface area (Å²) >= 11 is 0. The van der Waals surface area contributed by atoms with Gasteiger partial charge < -0.3 is 24.4 Å². The van der Waals surface area contributed by atoms with Crippen LogP contribution < -0.4 is 5.32 Å². The van der Waals surface area contributed by atoms with E-state index in [1.807, 2.05) is 11.9 Å². The smallest absolute Gasteiger partial charge is 0.236 e. The van der Waals surface area contributed by atoms with Gasteiger partial charge >= 0.3 is 0 Å². The summed E-state index contributed by atoms with van der Waals surface area (Å²) in [6.45, 7) is 8.69. The third kappa shape index (κ3) is 5.98. The van der Waals surface area contributed by atoms with Gasteiger partial charge in [0.1, 0.15) is 11.6 Å². The highest BCUT2D eigenvalue weighted by molar-refractivity contribution is 5.80. The molecule has 0 atom stereocenters. The molecule has 3 aliphatic rings. The number of carbonyl (C=O) groups excluding carboxylic acids is 1. The molecule has 0 bridgehead atoms. The topological polar surface area (TPSA) is 91.1 Å². The Kier molecular flexibility index (Phi) is 8.33. The highest BCUT2D eigenvalue weighted by Crippen LogP contribution is 2.15. The van der Waals surface area contributed by atoms with Gasteiger partial charge in [-0.25, -0.2) is 0 Å². The van der Waals surface area contributed by atoms with E-state index in [-0.39, 0.29) is 5.91 Å². The number of nitrogens with one attached hydrogen (secondary N) is 1. The number of aryl methyl sites for hydroxylation is 2. The largest absolute Gasteiger partial charge is 0.378 e. The number of hydrogen-bond donors (Lipinski definition) is 1. The quantitative estimate of drug-likeness (QED) is 0.373. The number of aliphatic imine (C=N–C) groups is 1. The van der Waals surface area contributed by atoms with Gasteiger partial charge in [-0.2, -0.15) is 0 Å². The normalized spacial score (nSPS) is 20.7. The van der Waals surface area contributed by atoms with Crippen molar-refractivity contribution in [3.05, 3.63) is 11.6 Å². The number of rotatable bonds is 6. The maximum absolute atomic E-state index is 12.5. The second-order valence-corrected chi connectivity index (χ2v) is 8.83. The van der Waals surface area contributed by atoms with Crippen molar-refractivity contribution >= 4 is 11.9 Å². The Bertz CT molecular complexity index is 766. The molecule has 2 saturated heterocycles. The molecular formula is C22H38N8O2. The Hall–Kier alpha value is -2.20. The second-order valence-electron chi connectivity index (χ2n) is 8.83. The highest BCUT2D eigenvalue weighted by Gasteiger charge is 2.24. The molecule has 0 aromatic carbocycles. The Morgan fingerprint density at radius 1 is 1.00 bits per heavy atom. The Morgan fingerprint density at radius 3 is 2.59 bits per heavy atom. The summed E-state index contributed by atoms with van der Waals surface area (Å²) < 4.78 is 7.67. The summed E-state index contributed by atoms with van der Waals surface area (Å²) in [5.41, 5.74) is 0. The zero-order valence-corrected chi connectivity index (χ0v) is 19.5. The van der Waals surface area contributed by atoms with Gasteiger partial charge in [0, 0.05) is 72.2 Å². The molecular weight excluding hydrogens is 408 g/mol. The maximum atomic E-state index is 12.5. The van der Waals surface area contributed by atoms with Gasteiger partial charge in [0.15, 0.2) is 5.96 Å². The van der Waals surface area contributed by atoms with Crippen LogP contribution in [0.25, 0.3) is 0 Å². The van der Waals surface area contributed by atoms with E-state index in [1.54, 1.807) is 0 Å². The molecule has 4 rings (SSSR count). The fraction of sp³-hybridized carbons (Fsp3) is 0.818. The lowest BCUT2D eigenvalue weighted by Gasteiger charge is -2.37. The van der Waals surface area contributed by atoms with Gasteiger partial charge in [-0.1, -0.05) is 6.42 Å². The zero-order chi connectivity index (χ0) is 22.2. The molecule has 178 valence electrons. The number of morpholine rings is 1. The first-order valence-corrected chi connectivity index (χ1v) is 12.2. The number of guanidine groups is 1. The maximum Gasteiger partial charge on any atom is 0.236 e. The fourth-order valence-corrected chi connectivity index (χ4v) is 4.73. The standard InChI is InChI=1S/C22H38N8O2/c1-23-22(24-8-5-7-20-26-25-19-6-3-2-4-9-30(19)20)29-12-10-27(11-13-29)18-21(31)28-14-16-32-17-15-28/h2-18H2,1H3,(H,23,24). The van der Waals surface area contributed by atoms with Gasteiger partial charge in [0.2, 0.25) is 5.91 Å². The van der Waals surface area contributed by atoms with E-state index in [4.69, 9.17) is 4.74 Å². The summed E-state index contributed by atoms with van der Waals surface area (Å²) in [6, 6.07) is 0. The molecule has 10 nitrogen and oxygen atoms in total. The number of ether oxygens (including phenoxy) is 1. The van der Waals surface area contributed by atoms with Crippen LogP contribution in [0.5, 0.6) is 0 Å². The summed E-state index contributed by atoms with van der Waals surface area (Å²) in [6.07, 6.45) is 6.74. The fourth-order valence-electron chi connectivity index (χ4n) is 4.73. The van der Waals surface area contributed by atoms with E-state index in [2.05, 4.69) is 34.9 Å². The molecule has 4 heterocycles. The molecule has 0 radical (unpaired) electrons. The van der Waals surface area contributed by atoms with Crippen molar-refractivity contribution in [2.75, 3.05) is 72.6 Å². The van der Waals surface area contributed by atoms with E-state index in [1.165, 1.54) is 19.3 Å². The van der Waals surface area contributed by atoms with E-state index >= 15 is 0 Å². The molecule has 3 aliphatic heterocycles. The molecule has 1 amide bonds. The van der Waals surface area contributed by atoms with E-state index in [0.29, 0.717) is 32.8 Å². The minimum Gasteiger partial charge on any atom is -0.378 e. The Balaban J connectivity index is 1.16. The summed E-state index contributed by atoms with van der Waals surface area (Å²) in [7, 11) is 1.84. The van der Waals surface area contributed by atoms with Gasteiger partial charge in [-0.3, -0.25) is 14.7 Å². The first-order chi connectivity index (χ1) is 15.7. The molecule has 1 N–H and O–H groups in total. The highest BCUT2D eigenvalue weighted by atomic mass is 16.5. The van der Waals surface area contributed by atoms with Crippen molar-refractivity contribution < 1.29 is 9.53 Å². The number of nitrogens with zero attached hydrogens (tertiary/aromatic N) is 7. The predicted octanol–water partition coefficient (Wildman–Crippen LogP) is -0.0111. The van der Waals surface area contributed by atoms with Crippen molar-refractivity contribution in [3.8, 4) is 0 Å². The molecule has 32 heavy (non-hydrogen) atoms. The number of carbonyl (C=O) groups is 1. The number of amides is 1. The third-order valence-corrected chi connectivity index (χ3v) is 6.65. The second kappa shape index (κ2) is 11.6. The van der Waals surface area contributed by atoms with Crippen molar-refractivity contribution in [1.29, 1.82) is 0 Å². The van der Waals surface area contributed by atoms with Crippen molar-refractivity contribution in [1.82, 2.24) is 34.8 Å². The number of aromatic nitrogens is 3. The van der Waals surface area contributed by atoms with Gasteiger partial charge in [-0.15, -0.1) is 10.2 Å². The average Bonchev–Trinajstić information content (AvgIpc) is 3.06. The first kappa shape index (κ1) is 23.0. The summed E-state index contributed by atoms with van der Waals surface area (Å²) in [5.74, 6) is 3.45. The van der Waals surface area contributed by atoms with Gasteiger partial charge in [0.05, 0.1) is 19.8 Å².